The van der Waals surface area contributed by atoms with Gasteiger partial charge in [0.2, 0.25) is 0 Å². The fourth-order valence-electron chi connectivity index (χ4n) is 4.02. The summed E-state index contributed by atoms with van der Waals surface area (Å²) in [4.78, 5) is 14.9. The molecule has 18 heavy (non-hydrogen) atoms. The molecule has 0 aromatic carbocycles. The van der Waals surface area contributed by atoms with Crippen LogP contribution in [0.4, 0.5) is 0 Å². The van der Waals surface area contributed by atoms with Gasteiger partial charge in [0.1, 0.15) is 11.1 Å². The Balaban J connectivity index is 1.81. The van der Waals surface area contributed by atoms with E-state index in [-0.39, 0.29) is 17.6 Å². The molecule has 3 rings (SSSR count). The number of nitrogens with zero attached hydrogens (tertiary/aromatic N) is 1. The van der Waals surface area contributed by atoms with E-state index in [0.717, 1.165) is 25.7 Å². The summed E-state index contributed by atoms with van der Waals surface area (Å²) in [5.74, 6) is -0.0150. The van der Waals surface area contributed by atoms with E-state index in [1.807, 2.05) is 20.8 Å². The summed E-state index contributed by atoms with van der Waals surface area (Å²) in [6.07, 6.45) is 5.27. The highest BCUT2D eigenvalue weighted by atomic mass is 16.6. The van der Waals surface area contributed by atoms with E-state index in [1.54, 1.807) is 0 Å². The van der Waals surface area contributed by atoms with Crippen LogP contribution in [0.1, 0.15) is 52.9 Å². The fourth-order valence-corrected chi connectivity index (χ4v) is 4.02. The summed E-state index contributed by atoms with van der Waals surface area (Å²) < 4.78 is 5.64. The molecule has 3 fully saturated rings. The molecule has 3 saturated heterocycles. The average Bonchev–Trinajstić information content (AvgIpc) is 2.87. The number of rotatable bonds is 1. The molecule has 3 unspecified atom stereocenters. The molecule has 102 valence electrons. The van der Waals surface area contributed by atoms with Crippen LogP contribution < -0.4 is 5.73 Å². The summed E-state index contributed by atoms with van der Waals surface area (Å²) in [5.41, 5.74) is 5.41. The highest BCUT2D eigenvalue weighted by molar-refractivity contribution is 5.87. The topological polar surface area (TPSA) is 55.3 Å². The molecule has 4 heteroatoms. The smallest absolute Gasteiger partial charge is 0.328 e. The van der Waals surface area contributed by atoms with Gasteiger partial charge in [-0.25, -0.2) is 4.79 Å². The van der Waals surface area contributed by atoms with Crippen molar-refractivity contribution in [3.8, 4) is 0 Å². The zero-order valence-electron chi connectivity index (χ0n) is 11.6. The van der Waals surface area contributed by atoms with Gasteiger partial charge in [-0.05, 0) is 52.9 Å². The van der Waals surface area contributed by atoms with Crippen LogP contribution >= 0.6 is 0 Å². The lowest BCUT2D eigenvalue weighted by Crippen LogP contribution is -2.43. The molecule has 0 aromatic heterocycles. The Morgan fingerprint density at radius 1 is 1.39 bits per heavy atom. The summed E-state index contributed by atoms with van der Waals surface area (Å²) in [6.45, 7) is 5.82. The highest BCUT2D eigenvalue weighted by Gasteiger charge is 2.73. The van der Waals surface area contributed by atoms with Gasteiger partial charge in [0.25, 0.3) is 0 Å². The number of esters is 1. The first-order valence-corrected chi connectivity index (χ1v) is 7.12. The predicted octanol–water partition coefficient (Wildman–Crippen LogP) is 1.42. The summed E-state index contributed by atoms with van der Waals surface area (Å²) >= 11 is 0. The van der Waals surface area contributed by atoms with Crippen molar-refractivity contribution < 1.29 is 9.53 Å². The Hall–Kier alpha value is -0.610. The Bertz CT molecular complexity index is 376. The van der Waals surface area contributed by atoms with Crippen molar-refractivity contribution in [1.29, 1.82) is 0 Å². The van der Waals surface area contributed by atoms with Gasteiger partial charge in [0, 0.05) is 18.1 Å². The normalized spacial score (nSPS) is 46.2. The van der Waals surface area contributed by atoms with E-state index in [2.05, 4.69) is 4.90 Å². The van der Waals surface area contributed by atoms with Gasteiger partial charge < -0.3 is 10.5 Å². The van der Waals surface area contributed by atoms with Crippen molar-refractivity contribution in [1.82, 2.24) is 4.90 Å². The van der Waals surface area contributed by atoms with Gasteiger partial charge >= 0.3 is 5.97 Å². The van der Waals surface area contributed by atoms with Gasteiger partial charge in [-0.15, -0.1) is 0 Å². The average molecular weight is 252 g/mol. The minimum Gasteiger partial charge on any atom is -0.459 e. The third-order valence-electron chi connectivity index (χ3n) is 4.62. The van der Waals surface area contributed by atoms with Crippen molar-refractivity contribution in [2.75, 3.05) is 0 Å². The van der Waals surface area contributed by atoms with E-state index < -0.39 is 5.60 Å². The first kappa shape index (κ1) is 12.4. The number of fused-ring (bicyclic) bond motifs is 1. The Morgan fingerprint density at radius 2 is 2.11 bits per heavy atom. The van der Waals surface area contributed by atoms with E-state index >= 15 is 0 Å². The molecule has 3 aliphatic heterocycles. The molecule has 0 aliphatic carbocycles. The second-order valence-electron chi connectivity index (χ2n) is 7.13. The van der Waals surface area contributed by atoms with Crippen molar-refractivity contribution in [3.05, 3.63) is 0 Å². The lowest BCUT2D eigenvalue weighted by molar-refractivity contribution is -0.160. The van der Waals surface area contributed by atoms with Crippen LogP contribution in [0.25, 0.3) is 0 Å². The van der Waals surface area contributed by atoms with Crippen molar-refractivity contribution in [2.24, 2.45) is 5.73 Å². The van der Waals surface area contributed by atoms with E-state index in [0.29, 0.717) is 12.1 Å². The fraction of sp³-hybridized carbons (Fsp3) is 0.929. The Morgan fingerprint density at radius 3 is 2.78 bits per heavy atom. The predicted molar refractivity (Wildman–Crippen MR) is 69.1 cm³/mol. The highest BCUT2D eigenvalue weighted by Crippen LogP contribution is 2.57. The maximum Gasteiger partial charge on any atom is 0.328 e. The lowest BCUT2D eigenvalue weighted by atomic mass is 9.93. The third-order valence-corrected chi connectivity index (χ3v) is 4.62. The molecule has 3 heterocycles. The van der Waals surface area contributed by atoms with Gasteiger partial charge in [-0.3, -0.25) is 4.90 Å². The zero-order chi connectivity index (χ0) is 13.1. The molecule has 4 nitrogen and oxygen atoms in total. The summed E-state index contributed by atoms with van der Waals surface area (Å²) in [5, 5.41) is 0. The van der Waals surface area contributed by atoms with E-state index in [1.165, 1.54) is 6.42 Å². The standard InChI is InChI=1S/C14H24N2O2/c1-13(2,3)18-12(17)14-6-4-5-10-7-9(15)8-11(14)16(10)14/h9-11H,4-8,15H2,1-3H3/t9-,10?,11?,14+,16?/m0/s1. The number of hydrogen-bond donors (Lipinski definition) is 1. The van der Waals surface area contributed by atoms with Crippen LogP contribution in [0.5, 0.6) is 0 Å². The molecular weight excluding hydrogens is 228 g/mol. The first-order valence-electron chi connectivity index (χ1n) is 7.12. The van der Waals surface area contributed by atoms with Gasteiger partial charge in [-0.2, -0.15) is 0 Å². The monoisotopic (exact) mass is 252 g/mol. The maximum atomic E-state index is 12.5. The van der Waals surface area contributed by atoms with Crippen LogP contribution in [-0.2, 0) is 9.53 Å². The van der Waals surface area contributed by atoms with Crippen LogP contribution in [0.3, 0.4) is 0 Å². The maximum absolute atomic E-state index is 12.5. The quantitative estimate of drug-likeness (QED) is 0.566. The molecule has 0 aromatic rings. The minimum atomic E-state index is -0.395. The molecule has 5 atom stereocenters. The van der Waals surface area contributed by atoms with Crippen molar-refractivity contribution in [3.63, 3.8) is 0 Å². The van der Waals surface area contributed by atoms with Gasteiger partial charge in [0.15, 0.2) is 0 Å². The number of carbonyl (C=O) groups excluding carboxylic acids is 1. The number of nitrogens with two attached hydrogens (primary N) is 1. The van der Waals surface area contributed by atoms with Gasteiger partial charge in [-0.1, -0.05) is 0 Å². The minimum absolute atomic E-state index is 0.0150. The molecule has 0 spiro atoms. The van der Waals surface area contributed by atoms with Crippen LogP contribution in [-0.4, -0.2) is 40.1 Å². The van der Waals surface area contributed by atoms with E-state index in [4.69, 9.17) is 10.5 Å². The third kappa shape index (κ3) is 1.69. The van der Waals surface area contributed by atoms with Crippen molar-refractivity contribution >= 4 is 5.97 Å². The molecule has 0 saturated carbocycles. The molecule has 0 bridgehead atoms. The van der Waals surface area contributed by atoms with Crippen molar-refractivity contribution in [2.45, 2.75) is 82.1 Å². The summed E-state index contributed by atoms with van der Waals surface area (Å²) in [6, 6.07) is 1.13. The number of ether oxygens (including phenoxy) is 1. The number of carbonyl (C=O) groups is 1. The van der Waals surface area contributed by atoms with Crippen LogP contribution in [0.2, 0.25) is 0 Å². The summed E-state index contributed by atoms with van der Waals surface area (Å²) in [7, 11) is 0. The van der Waals surface area contributed by atoms with Crippen LogP contribution in [0.15, 0.2) is 0 Å². The SMILES string of the molecule is CC(C)(C)OC(=O)[C@@]12CCCC3C[C@H](N)CC1N32. The largest absolute Gasteiger partial charge is 0.459 e. The molecule has 2 N–H and O–H groups in total. The van der Waals surface area contributed by atoms with E-state index in [9.17, 15) is 4.79 Å². The lowest BCUT2D eigenvalue weighted by Gasteiger charge is -2.32. The number of piperidine rings is 2. The molecule has 0 amide bonds. The van der Waals surface area contributed by atoms with Crippen LogP contribution in [0, 0.1) is 0 Å². The van der Waals surface area contributed by atoms with Gasteiger partial charge in [0.05, 0.1) is 0 Å². The molecule has 3 aliphatic rings. The zero-order valence-corrected chi connectivity index (χ0v) is 11.6. The second-order valence-corrected chi connectivity index (χ2v) is 7.13. The number of hydrogen-bond acceptors (Lipinski definition) is 4. The molecule has 0 radical (unpaired) electrons. The Labute approximate surface area is 109 Å². The molecular formula is C14H24N2O2. The Kier molecular flexibility index (Phi) is 2.55. The second kappa shape index (κ2) is 3.70. The first-order chi connectivity index (χ1) is 8.34.